The SMILES string of the molecule is Cc1ccc(C(/C=C/c2ccc(C(=O)N[C@H](C)C(=O)NCC(F)(F)F)c(Br)c2)C(F)(F)F)cc1Cl. The number of rotatable bonds is 7. The molecule has 12 heteroatoms. The summed E-state index contributed by atoms with van der Waals surface area (Å²) in [5.41, 5.74) is 0.995. The predicted molar refractivity (Wildman–Crippen MR) is 124 cm³/mol. The molecule has 190 valence electrons. The van der Waals surface area contributed by atoms with Crippen LogP contribution in [0.1, 0.15) is 39.9 Å². The van der Waals surface area contributed by atoms with E-state index >= 15 is 0 Å². The Balaban J connectivity index is 2.16. The molecule has 0 heterocycles. The summed E-state index contributed by atoms with van der Waals surface area (Å²) in [6.45, 7) is 1.35. The number of alkyl halides is 6. The highest BCUT2D eigenvalue weighted by Crippen LogP contribution is 2.38. The second-order valence-corrected chi connectivity index (χ2v) is 8.92. The number of hydrogen-bond acceptors (Lipinski definition) is 2. The van der Waals surface area contributed by atoms with E-state index in [1.165, 1.54) is 49.4 Å². The van der Waals surface area contributed by atoms with E-state index in [1.54, 1.807) is 12.2 Å². The van der Waals surface area contributed by atoms with Gasteiger partial charge in [0.05, 0.1) is 11.5 Å². The molecule has 0 aliphatic heterocycles. The maximum atomic E-state index is 13.6. The molecule has 0 radical (unpaired) electrons. The number of aryl methyl sites for hydroxylation is 1. The Kier molecular flexibility index (Phi) is 9.41. The van der Waals surface area contributed by atoms with E-state index < -0.39 is 42.7 Å². The van der Waals surface area contributed by atoms with Crippen molar-refractivity contribution in [1.29, 1.82) is 0 Å². The lowest BCUT2D eigenvalue weighted by molar-refractivity contribution is -0.139. The molecule has 2 N–H and O–H groups in total. The molecular formula is C23H20BrClF6N2O2. The summed E-state index contributed by atoms with van der Waals surface area (Å²) in [5, 5.41) is 4.14. The van der Waals surface area contributed by atoms with Crippen LogP contribution in [-0.4, -0.2) is 36.8 Å². The molecule has 0 aliphatic carbocycles. The number of amides is 2. The van der Waals surface area contributed by atoms with Crippen LogP contribution in [0.4, 0.5) is 26.3 Å². The third kappa shape index (κ3) is 8.57. The van der Waals surface area contributed by atoms with Gasteiger partial charge in [0.1, 0.15) is 12.6 Å². The minimum absolute atomic E-state index is 0.0304. The second-order valence-electron chi connectivity index (χ2n) is 7.65. The Morgan fingerprint density at radius 2 is 1.74 bits per heavy atom. The fraction of sp³-hybridized carbons (Fsp3) is 0.304. The van der Waals surface area contributed by atoms with Crippen molar-refractivity contribution < 1.29 is 35.9 Å². The van der Waals surface area contributed by atoms with Gasteiger partial charge in [0.25, 0.3) is 5.91 Å². The van der Waals surface area contributed by atoms with Crippen molar-refractivity contribution in [1.82, 2.24) is 10.6 Å². The minimum Gasteiger partial charge on any atom is -0.345 e. The third-order valence-electron chi connectivity index (χ3n) is 4.83. The van der Waals surface area contributed by atoms with E-state index in [2.05, 4.69) is 21.2 Å². The summed E-state index contributed by atoms with van der Waals surface area (Å²) in [4.78, 5) is 24.1. The first kappa shape index (κ1) is 28.7. The summed E-state index contributed by atoms with van der Waals surface area (Å²) >= 11 is 9.13. The van der Waals surface area contributed by atoms with Crippen molar-refractivity contribution in [2.24, 2.45) is 0 Å². The fourth-order valence-corrected chi connectivity index (χ4v) is 3.68. The topological polar surface area (TPSA) is 58.2 Å². The maximum absolute atomic E-state index is 13.6. The Morgan fingerprint density at radius 3 is 2.29 bits per heavy atom. The van der Waals surface area contributed by atoms with Crippen LogP contribution >= 0.6 is 27.5 Å². The third-order valence-corrected chi connectivity index (χ3v) is 5.89. The summed E-state index contributed by atoms with van der Waals surface area (Å²) in [5.74, 6) is -3.70. The Morgan fingerprint density at radius 1 is 1.09 bits per heavy atom. The van der Waals surface area contributed by atoms with Crippen LogP contribution in [0.5, 0.6) is 0 Å². The first-order valence-corrected chi connectivity index (χ1v) is 11.2. The molecule has 0 saturated carbocycles. The first-order valence-electron chi connectivity index (χ1n) is 10.0. The molecule has 2 aromatic carbocycles. The molecule has 0 aromatic heterocycles. The number of nitrogens with one attached hydrogen (secondary N) is 2. The van der Waals surface area contributed by atoms with Crippen LogP contribution in [0.15, 0.2) is 46.9 Å². The highest BCUT2D eigenvalue weighted by Gasteiger charge is 2.39. The van der Waals surface area contributed by atoms with E-state index in [-0.39, 0.29) is 20.6 Å². The molecule has 0 saturated heterocycles. The molecule has 0 aliphatic rings. The molecule has 2 atom stereocenters. The first-order chi connectivity index (χ1) is 16.1. The lowest BCUT2D eigenvalue weighted by Crippen LogP contribution is -2.47. The molecule has 0 fully saturated rings. The number of benzene rings is 2. The zero-order valence-corrected chi connectivity index (χ0v) is 20.7. The van der Waals surface area contributed by atoms with Gasteiger partial charge in [-0.15, -0.1) is 0 Å². The van der Waals surface area contributed by atoms with Crippen molar-refractivity contribution in [3.8, 4) is 0 Å². The van der Waals surface area contributed by atoms with Crippen LogP contribution in [0.2, 0.25) is 5.02 Å². The number of hydrogen-bond donors (Lipinski definition) is 2. The second kappa shape index (κ2) is 11.5. The van der Waals surface area contributed by atoms with Gasteiger partial charge in [-0.1, -0.05) is 42.0 Å². The number of halogens is 8. The lowest BCUT2D eigenvalue weighted by Gasteiger charge is -2.18. The van der Waals surface area contributed by atoms with E-state index in [0.717, 1.165) is 6.08 Å². The molecule has 2 rings (SSSR count). The summed E-state index contributed by atoms with van der Waals surface area (Å²) in [7, 11) is 0. The molecule has 35 heavy (non-hydrogen) atoms. The zero-order chi connectivity index (χ0) is 26.6. The molecule has 4 nitrogen and oxygen atoms in total. The highest BCUT2D eigenvalue weighted by atomic mass is 79.9. The van der Waals surface area contributed by atoms with Gasteiger partial charge in [0, 0.05) is 9.50 Å². The van der Waals surface area contributed by atoms with E-state index in [1.807, 2.05) is 0 Å². The Bertz CT molecular complexity index is 1120. The Labute approximate surface area is 210 Å². The maximum Gasteiger partial charge on any atom is 0.405 e. The van der Waals surface area contributed by atoms with Crippen LogP contribution in [-0.2, 0) is 4.79 Å². The van der Waals surface area contributed by atoms with Crippen LogP contribution < -0.4 is 10.6 Å². The van der Waals surface area contributed by atoms with E-state index in [9.17, 15) is 35.9 Å². The molecule has 1 unspecified atom stereocenters. The van der Waals surface area contributed by atoms with E-state index in [4.69, 9.17) is 11.6 Å². The van der Waals surface area contributed by atoms with Gasteiger partial charge in [0.2, 0.25) is 5.91 Å². The van der Waals surface area contributed by atoms with Gasteiger partial charge in [0.15, 0.2) is 0 Å². The normalized spacial score (nSPS) is 14.0. The molecular weight excluding hydrogens is 566 g/mol. The standard InChI is InChI=1S/C23H20BrClF6N2O2/c1-12-3-6-15(10-19(12)25)17(23(29,30)31)8-5-14-4-7-16(18(24)9-14)21(35)33-13(2)20(34)32-11-22(26,27)28/h3-10,13,17H,11H2,1-2H3,(H,32,34)(H,33,35)/b8-5+/t13-,17?/m1/s1. The zero-order valence-electron chi connectivity index (χ0n) is 18.3. The summed E-state index contributed by atoms with van der Waals surface area (Å²) < 4.78 is 77.8. The van der Waals surface area contributed by atoms with Gasteiger partial charge >= 0.3 is 12.4 Å². The van der Waals surface area contributed by atoms with Gasteiger partial charge < -0.3 is 10.6 Å². The molecule has 2 aromatic rings. The molecule has 0 bridgehead atoms. The number of carbonyl (C=O) groups is 2. The van der Waals surface area contributed by atoms with Gasteiger partial charge in [-0.05, 0) is 64.7 Å². The summed E-state index contributed by atoms with van der Waals surface area (Å²) in [6, 6.07) is 6.94. The quantitative estimate of drug-likeness (QED) is 0.362. The molecule has 2 amide bonds. The van der Waals surface area contributed by atoms with Crippen molar-refractivity contribution >= 4 is 45.4 Å². The van der Waals surface area contributed by atoms with Crippen LogP contribution in [0, 0.1) is 6.92 Å². The van der Waals surface area contributed by atoms with E-state index in [0.29, 0.717) is 11.1 Å². The summed E-state index contributed by atoms with van der Waals surface area (Å²) in [6.07, 6.45) is -6.96. The number of allylic oxidation sites excluding steroid dienone is 1. The van der Waals surface area contributed by atoms with Gasteiger partial charge in [-0.25, -0.2) is 0 Å². The average molecular weight is 586 g/mol. The highest BCUT2D eigenvalue weighted by molar-refractivity contribution is 9.10. The average Bonchev–Trinajstić information content (AvgIpc) is 2.73. The molecule has 0 spiro atoms. The van der Waals surface area contributed by atoms with Crippen molar-refractivity contribution in [2.45, 2.75) is 38.2 Å². The van der Waals surface area contributed by atoms with Crippen molar-refractivity contribution in [3.63, 3.8) is 0 Å². The van der Waals surface area contributed by atoms with Crippen LogP contribution in [0.25, 0.3) is 6.08 Å². The van der Waals surface area contributed by atoms with Gasteiger partial charge in [-0.3, -0.25) is 9.59 Å². The van der Waals surface area contributed by atoms with Crippen molar-refractivity contribution in [2.75, 3.05) is 6.54 Å². The predicted octanol–water partition coefficient (Wildman–Crippen LogP) is 6.57. The number of carbonyl (C=O) groups excluding carboxylic acids is 2. The Hall–Kier alpha value is -2.53. The lowest BCUT2D eigenvalue weighted by atomic mass is 9.96. The van der Waals surface area contributed by atoms with Crippen LogP contribution in [0.3, 0.4) is 0 Å². The fourth-order valence-electron chi connectivity index (χ4n) is 2.92. The monoisotopic (exact) mass is 584 g/mol. The smallest absolute Gasteiger partial charge is 0.345 e. The van der Waals surface area contributed by atoms with Crippen molar-refractivity contribution in [3.05, 3.63) is 74.2 Å². The largest absolute Gasteiger partial charge is 0.405 e. The van der Waals surface area contributed by atoms with Gasteiger partial charge in [-0.2, -0.15) is 26.3 Å². The minimum atomic E-state index is -4.59.